The summed E-state index contributed by atoms with van der Waals surface area (Å²) < 4.78 is 5.11. The van der Waals surface area contributed by atoms with Crippen LogP contribution in [0, 0.1) is 0 Å². The average Bonchev–Trinajstić information content (AvgIpc) is 2.46. The van der Waals surface area contributed by atoms with Gasteiger partial charge in [0, 0.05) is 18.4 Å². The Bertz CT molecular complexity index is 472. The summed E-state index contributed by atoms with van der Waals surface area (Å²) in [5, 5.41) is 3.33. The maximum Gasteiger partial charge on any atom is 0.119 e. The molecule has 2 aromatic rings. The van der Waals surface area contributed by atoms with Gasteiger partial charge >= 0.3 is 0 Å². The summed E-state index contributed by atoms with van der Waals surface area (Å²) in [6, 6.07) is 9.52. The number of nitrogens with one attached hydrogen (secondary N) is 1. The number of nitrogens with zero attached hydrogens (tertiary/aromatic N) is 2. The lowest BCUT2D eigenvalue weighted by Crippen LogP contribution is -2.21. The van der Waals surface area contributed by atoms with Crippen LogP contribution in [0.5, 0.6) is 5.75 Å². The molecule has 3 N–H and O–H groups in total. The first-order valence-electron chi connectivity index (χ1n) is 5.70. The molecule has 0 aliphatic carbocycles. The Morgan fingerprint density at radius 3 is 2.61 bits per heavy atom. The molecule has 1 aromatic carbocycles. The maximum atomic E-state index is 5.76. The summed E-state index contributed by atoms with van der Waals surface area (Å²) >= 11 is 0. The summed E-state index contributed by atoms with van der Waals surface area (Å²) in [6.07, 6.45) is 3.23. The first-order valence-corrected chi connectivity index (χ1v) is 5.70. The fourth-order valence-electron chi connectivity index (χ4n) is 1.65. The summed E-state index contributed by atoms with van der Waals surface area (Å²) in [5.74, 6) is 0.826. The summed E-state index contributed by atoms with van der Waals surface area (Å²) in [7, 11) is 1.64. The molecule has 0 saturated heterocycles. The molecule has 2 rings (SSSR count). The van der Waals surface area contributed by atoms with Gasteiger partial charge in [-0.1, -0.05) is 0 Å². The minimum atomic E-state index is -0.0265. The van der Waals surface area contributed by atoms with Crippen molar-refractivity contribution in [1.82, 2.24) is 9.97 Å². The molecule has 0 radical (unpaired) electrons. The lowest BCUT2D eigenvalue weighted by atomic mass is 10.2. The molecule has 0 bridgehead atoms. The molecule has 1 aromatic heterocycles. The lowest BCUT2D eigenvalue weighted by Gasteiger charge is -2.17. The largest absolute Gasteiger partial charge is 0.497 e. The minimum Gasteiger partial charge on any atom is -0.497 e. The van der Waals surface area contributed by atoms with E-state index in [1.807, 2.05) is 30.3 Å². The van der Waals surface area contributed by atoms with Gasteiger partial charge in [0.15, 0.2) is 0 Å². The average molecular weight is 244 g/mol. The van der Waals surface area contributed by atoms with E-state index in [1.165, 1.54) is 6.33 Å². The first kappa shape index (κ1) is 12.3. The third-order valence-electron chi connectivity index (χ3n) is 2.63. The number of benzene rings is 1. The van der Waals surface area contributed by atoms with Gasteiger partial charge in [0.25, 0.3) is 0 Å². The van der Waals surface area contributed by atoms with Crippen molar-refractivity contribution in [1.29, 1.82) is 0 Å². The van der Waals surface area contributed by atoms with E-state index in [0.717, 1.165) is 17.1 Å². The van der Waals surface area contributed by atoms with Crippen LogP contribution >= 0.6 is 0 Å². The second-order valence-electron chi connectivity index (χ2n) is 3.80. The van der Waals surface area contributed by atoms with Gasteiger partial charge in [-0.2, -0.15) is 0 Å². The third kappa shape index (κ3) is 2.95. The van der Waals surface area contributed by atoms with Crippen LogP contribution in [0.4, 0.5) is 5.69 Å². The third-order valence-corrected chi connectivity index (χ3v) is 2.63. The molecule has 1 heterocycles. The standard InChI is InChI=1S/C13H16N4O/c1-18-11-4-2-10(3-5-11)17-13(8-14)12-6-7-15-9-16-12/h2-7,9,13,17H,8,14H2,1H3. The number of hydrogen-bond acceptors (Lipinski definition) is 5. The molecule has 0 aliphatic rings. The topological polar surface area (TPSA) is 73.1 Å². The van der Waals surface area contributed by atoms with Gasteiger partial charge in [-0.25, -0.2) is 9.97 Å². The van der Waals surface area contributed by atoms with Gasteiger partial charge in [0.1, 0.15) is 12.1 Å². The highest BCUT2D eigenvalue weighted by Crippen LogP contribution is 2.19. The van der Waals surface area contributed by atoms with Crippen molar-refractivity contribution in [2.24, 2.45) is 5.73 Å². The van der Waals surface area contributed by atoms with E-state index < -0.39 is 0 Å². The zero-order valence-corrected chi connectivity index (χ0v) is 10.2. The van der Waals surface area contributed by atoms with E-state index in [-0.39, 0.29) is 6.04 Å². The van der Waals surface area contributed by atoms with E-state index in [4.69, 9.17) is 10.5 Å². The van der Waals surface area contributed by atoms with Crippen molar-refractivity contribution in [2.45, 2.75) is 6.04 Å². The Morgan fingerprint density at radius 2 is 2.06 bits per heavy atom. The highest BCUT2D eigenvalue weighted by atomic mass is 16.5. The van der Waals surface area contributed by atoms with E-state index >= 15 is 0 Å². The summed E-state index contributed by atoms with van der Waals surface area (Å²) in [6.45, 7) is 0.461. The SMILES string of the molecule is COc1ccc(NC(CN)c2ccncn2)cc1. The van der Waals surface area contributed by atoms with Gasteiger partial charge in [-0.15, -0.1) is 0 Å². The molecular weight excluding hydrogens is 228 g/mol. The second-order valence-corrected chi connectivity index (χ2v) is 3.80. The number of anilines is 1. The van der Waals surface area contributed by atoms with E-state index in [1.54, 1.807) is 13.3 Å². The highest BCUT2D eigenvalue weighted by molar-refractivity contribution is 5.47. The van der Waals surface area contributed by atoms with Crippen LogP contribution in [-0.4, -0.2) is 23.6 Å². The smallest absolute Gasteiger partial charge is 0.119 e. The predicted octanol–water partition coefficient (Wildman–Crippen LogP) is 1.60. The van der Waals surface area contributed by atoms with Gasteiger partial charge in [-0.05, 0) is 30.3 Å². The van der Waals surface area contributed by atoms with Crippen molar-refractivity contribution in [3.63, 3.8) is 0 Å². The van der Waals surface area contributed by atoms with Crippen LogP contribution in [0.1, 0.15) is 11.7 Å². The molecule has 0 saturated carbocycles. The Kier molecular flexibility index (Phi) is 4.09. The van der Waals surface area contributed by atoms with E-state index in [0.29, 0.717) is 6.54 Å². The Labute approximate surface area is 106 Å². The van der Waals surface area contributed by atoms with E-state index in [2.05, 4.69) is 15.3 Å². The number of hydrogen-bond donors (Lipinski definition) is 2. The molecular formula is C13H16N4O. The van der Waals surface area contributed by atoms with E-state index in [9.17, 15) is 0 Å². The Morgan fingerprint density at radius 1 is 1.28 bits per heavy atom. The monoisotopic (exact) mass is 244 g/mol. The van der Waals surface area contributed by atoms with Crippen molar-refractivity contribution < 1.29 is 4.74 Å². The first-order chi connectivity index (χ1) is 8.83. The fraction of sp³-hybridized carbons (Fsp3) is 0.231. The molecule has 0 fully saturated rings. The minimum absolute atomic E-state index is 0.0265. The zero-order valence-electron chi connectivity index (χ0n) is 10.2. The van der Waals surface area contributed by atoms with Crippen LogP contribution < -0.4 is 15.8 Å². The van der Waals surface area contributed by atoms with Crippen LogP contribution in [0.3, 0.4) is 0 Å². The Hall–Kier alpha value is -2.14. The molecule has 5 heteroatoms. The molecule has 0 aliphatic heterocycles. The summed E-state index contributed by atoms with van der Waals surface area (Å²) in [4.78, 5) is 8.10. The molecule has 94 valence electrons. The Balaban J connectivity index is 2.10. The zero-order chi connectivity index (χ0) is 12.8. The number of rotatable bonds is 5. The lowest BCUT2D eigenvalue weighted by molar-refractivity contribution is 0.415. The van der Waals surface area contributed by atoms with Gasteiger partial charge in [0.05, 0.1) is 18.8 Å². The normalized spacial score (nSPS) is 11.9. The van der Waals surface area contributed by atoms with Crippen LogP contribution in [0.15, 0.2) is 42.9 Å². The molecule has 0 amide bonds. The highest BCUT2D eigenvalue weighted by Gasteiger charge is 2.10. The molecule has 0 spiro atoms. The summed E-state index contributed by atoms with van der Waals surface area (Å²) in [5.41, 5.74) is 7.62. The van der Waals surface area contributed by atoms with Crippen LogP contribution in [0.2, 0.25) is 0 Å². The number of aromatic nitrogens is 2. The van der Waals surface area contributed by atoms with Gasteiger partial charge in [0.2, 0.25) is 0 Å². The molecule has 5 nitrogen and oxygen atoms in total. The van der Waals surface area contributed by atoms with Crippen molar-refractivity contribution in [2.75, 3.05) is 19.0 Å². The number of nitrogens with two attached hydrogens (primary N) is 1. The van der Waals surface area contributed by atoms with Crippen molar-refractivity contribution in [3.8, 4) is 5.75 Å². The molecule has 1 atom stereocenters. The maximum absolute atomic E-state index is 5.76. The quantitative estimate of drug-likeness (QED) is 0.835. The fourth-order valence-corrected chi connectivity index (χ4v) is 1.65. The van der Waals surface area contributed by atoms with Gasteiger partial charge < -0.3 is 15.8 Å². The second kappa shape index (κ2) is 5.97. The van der Waals surface area contributed by atoms with Crippen molar-refractivity contribution in [3.05, 3.63) is 48.5 Å². The van der Waals surface area contributed by atoms with Gasteiger partial charge in [-0.3, -0.25) is 0 Å². The molecule has 1 unspecified atom stereocenters. The predicted molar refractivity (Wildman–Crippen MR) is 70.4 cm³/mol. The number of ether oxygens (including phenoxy) is 1. The van der Waals surface area contributed by atoms with Crippen LogP contribution in [-0.2, 0) is 0 Å². The van der Waals surface area contributed by atoms with Crippen molar-refractivity contribution >= 4 is 5.69 Å². The van der Waals surface area contributed by atoms with Crippen LogP contribution in [0.25, 0.3) is 0 Å². The number of methoxy groups -OCH3 is 1. The molecule has 18 heavy (non-hydrogen) atoms.